The van der Waals surface area contributed by atoms with Gasteiger partial charge in [-0.15, -0.1) is 0 Å². The van der Waals surface area contributed by atoms with Crippen molar-refractivity contribution in [3.63, 3.8) is 0 Å². The topological polar surface area (TPSA) is 78.4 Å². The summed E-state index contributed by atoms with van der Waals surface area (Å²) in [6.45, 7) is 1.86. The van der Waals surface area contributed by atoms with Crippen molar-refractivity contribution < 1.29 is 32.3 Å². The van der Waals surface area contributed by atoms with E-state index in [1.165, 1.54) is 12.1 Å². The molecule has 0 bridgehead atoms. The fourth-order valence-electron chi connectivity index (χ4n) is 2.55. The first-order valence-corrected chi connectivity index (χ1v) is 8.52. The number of aromatic hydroxyl groups is 1. The van der Waals surface area contributed by atoms with Crippen molar-refractivity contribution in [3.05, 3.63) is 88.5 Å². The fourth-order valence-corrected chi connectivity index (χ4v) is 2.55. The second-order valence-electron chi connectivity index (χ2n) is 6.35. The molecule has 0 aliphatic heterocycles. The molecular weight excluding hydrogens is 404 g/mol. The number of phenolic OH excluding ortho intramolecular Hbond substituents is 1. The van der Waals surface area contributed by atoms with Crippen molar-refractivity contribution in [2.24, 2.45) is 0 Å². The quantitative estimate of drug-likeness (QED) is 0.247. The molecule has 5 nitrogen and oxygen atoms in total. The minimum absolute atomic E-state index is 0.0311. The van der Waals surface area contributed by atoms with Crippen LogP contribution in [0.1, 0.15) is 26.3 Å². The van der Waals surface area contributed by atoms with Gasteiger partial charge in [0, 0.05) is 17.3 Å². The first kappa shape index (κ1) is 20.8. The van der Waals surface area contributed by atoms with Crippen LogP contribution >= 0.6 is 0 Å². The Kier molecular flexibility index (Phi) is 5.72. The molecule has 0 aromatic heterocycles. The van der Waals surface area contributed by atoms with Gasteiger partial charge in [0.2, 0.25) is 0 Å². The number of carbonyl (C=O) groups excluding carboxylic acids is 2. The standard InChI is InChI=1S/C21H14F4N2O3/c1-10-2-4-11(5-3-10)20(29)27-15-7-6-12(8-16(15)28)26-21(30)13-9-14(22)18(24)19(25)17(13)23/h2-9,28H,1H3,(H,26,30)(H,27,29). The molecule has 0 aliphatic carbocycles. The smallest absolute Gasteiger partial charge is 0.258 e. The minimum Gasteiger partial charge on any atom is -0.506 e. The lowest BCUT2D eigenvalue weighted by Gasteiger charge is -2.11. The number of benzene rings is 3. The van der Waals surface area contributed by atoms with Gasteiger partial charge in [0.25, 0.3) is 11.8 Å². The number of hydrogen-bond acceptors (Lipinski definition) is 3. The normalized spacial score (nSPS) is 10.6. The van der Waals surface area contributed by atoms with Gasteiger partial charge in [0.1, 0.15) is 5.75 Å². The second kappa shape index (κ2) is 8.24. The molecule has 0 fully saturated rings. The zero-order valence-corrected chi connectivity index (χ0v) is 15.4. The predicted octanol–water partition coefficient (Wildman–Crippen LogP) is 4.76. The molecular formula is C21H14F4N2O3. The molecule has 0 unspecified atom stereocenters. The van der Waals surface area contributed by atoms with Crippen LogP contribution in [0.15, 0.2) is 48.5 Å². The number of halogens is 4. The van der Waals surface area contributed by atoms with E-state index in [4.69, 9.17) is 0 Å². The Morgan fingerprint density at radius 2 is 1.47 bits per heavy atom. The van der Waals surface area contributed by atoms with Gasteiger partial charge in [0.15, 0.2) is 23.3 Å². The Bertz CT molecular complexity index is 1150. The first-order chi connectivity index (χ1) is 14.2. The van der Waals surface area contributed by atoms with Crippen LogP contribution in [-0.4, -0.2) is 16.9 Å². The molecule has 0 spiro atoms. The first-order valence-electron chi connectivity index (χ1n) is 8.52. The van der Waals surface area contributed by atoms with Crippen LogP contribution in [0.3, 0.4) is 0 Å². The monoisotopic (exact) mass is 418 g/mol. The summed E-state index contributed by atoms with van der Waals surface area (Å²) in [5, 5.41) is 14.7. The van der Waals surface area contributed by atoms with E-state index >= 15 is 0 Å². The van der Waals surface area contributed by atoms with E-state index in [2.05, 4.69) is 10.6 Å². The van der Waals surface area contributed by atoms with Crippen molar-refractivity contribution in [1.29, 1.82) is 0 Å². The van der Waals surface area contributed by atoms with Gasteiger partial charge >= 0.3 is 0 Å². The van der Waals surface area contributed by atoms with Crippen molar-refractivity contribution in [1.82, 2.24) is 0 Å². The average molecular weight is 418 g/mol. The molecule has 3 rings (SSSR count). The molecule has 9 heteroatoms. The summed E-state index contributed by atoms with van der Waals surface area (Å²) in [7, 11) is 0. The van der Waals surface area contributed by atoms with E-state index in [-0.39, 0.29) is 17.4 Å². The third-order valence-corrected chi connectivity index (χ3v) is 4.16. The van der Waals surface area contributed by atoms with Gasteiger partial charge in [-0.1, -0.05) is 17.7 Å². The Hall–Kier alpha value is -3.88. The van der Waals surface area contributed by atoms with Gasteiger partial charge in [0.05, 0.1) is 11.3 Å². The molecule has 0 saturated carbocycles. The molecule has 0 heterocycles. The van der Waals surface area contributed by atoms with Gasteiger partial charge < -0.3 is 15.7 Å². The maximum atomic E-state index is 13.7. The summed E-state index contributed by atoms with van der Waals surface area (Å²) in [4.78, 5) is 24.3. The van der Waals surface area contributed by atoms with Gasteiger partial charge in [-0.05, 0) is 37.3 Å². The molecule has 154 valence electrons. The highest BCUT2D eigenvalue weighted by atomic mass is 19.2. The summed E-state index contributed by atoms with van der Waals surface area (Å²) in [6.07, 6.45) is 0. The molecule has 0 saturated heterocycles. The summed E-state index contributed by atoms with van der Waals surface area (Å²) < 4.78 is 53.3. The average Bonchev–Trinajstić information content (AvgIpc) is 2.71. The van der Waals surface area contributed by atoms with Crippen LogP contribution in [0.4, 0.5) is 28.9 Å². The predicted molar refractivity (Wildman–Crippen MR) is 101 cm³/mol. The Morgan fingerprint density at radius 1 is 0.800 bits per heavy atom. The number of aryl methyl sites for hydroxylation is 1. The Morgan fingerprint density at radius 3 is 2.10 bits per heavy atom. The van der Waals surface area contributed by atoms with E-state index in [1.54, 1.807) is 24.3 Å². The SMILES string of the molecule is Cc1ccc(C(=O)Nc2ccc(NC(=O)c3cc(F)c(F)c(F)c3F)cc2O)cc1. The lowest BCUT2D eigenvalue weighted by Crippen LogP contribution is -2.16. The maximum Gasteiger partial charge on any atom is 0.258 e. The number of amides is 2. The highest BCUT2D eigenvalue weighted by Crippen LogP contribution is 2.28. The number of hydrogen-bond donors (Lipinski definition) is 3. The number of nitrogens with one attached hydrogen (secondary N) is 2. The molecule has 3 aromatic carbocycles. The van der Waals surface area contributed by atoms with Crippen molar-refractivity contribution in [2.45, 2.75) is 6.92 Å². The molecule has 3 aromatic rings. The molecule has 3 N–H and O–H groups in total. The fraction of sp³-hybridized carbons (Fsp3) is 0.0476. The molecule has 2 amide bonds. The third-order valence-electron chi connectivity index (χ3n) is 4.16. The number of carbonyl (C=O) groups is 2. The van der Waals surface area contributed by atoms with E-state index < -0.39 is 46.4 Å². The van der Waals surface area contributed by atoms with E-state index in [9.17, 15) is 32.3 Å². The summed E-state index contributed by atoms with van der Waals surface area (Å²) in [5.41, 5.74) is 0.238. The van der Waals surface area contributed by atoms with Crippen LogP contribution in [0.25, 0.3) is 0 Å². The molecule has 0 aliphatic rings. The van der Waals surface area contributed by atoms with Crippen molar-refractivity contribution in [3.8, 4) is 5.75 Å². The maximum absolute atomic E-state index is 13.7. The largest absolute Gasteiger partial charge is 0.506 e. The lowest BCUT2D eigenvalue weighted by molar-refractivity contribution is 0.101. The van der Waals surface area contributed by atoms with Crippen LogP contribution in [0, 0.1) is 30.2 Å². The number of phenols is 1. The van der Waals surface area contributed by atoms with Crippen LogP contribution in [0.5, 0.6) is 5.75 Å². The zero-order chi connectivity index (χ0) is 22.0. The third kappa shape index (κ3) is 4.24. The second-order valence-corrected chi connectivity index (χ2v) is 6.35. The lowest BCUT2D eigenvalue weighted by atomic mass is 10.1. The Balaban J connectivity index is 1.76. The van der Waals surface area contributed by atoms with Crippen molar-refractivity contribution >= 4 is 23.2 Å². The van der Waals surface area contributed by atoms with Gasteiger partial charge in [-0.2, -0.15) is 0 Å². The van der Waals surface area contributed by atoms with Crippen molar-refractivity contribution in [2.75, 3.05) is 10.6 Å². The van der Waals surface area contributed by atoms with Crippen LogP contribution in [-0.2, 0) is 0 Å². The van der Waals surface area contributed by atoms with E-state index in [0.29, 0.717) is 5.56 Å². The summed E-state index contributed by atoms with van der Waals surface area (Å²) in [5.74, 6) is -9.89. The molecule has 0 radical (unpaired) electrons. The van der Waals surface area contributed by atoms with Crippen LogP contribution < -0.4 is 10.6 Å². The van der Waals surface area contributed by atoms with Crippen LogP contribution in [0.2, 0.25) is 0 Å². The zero-order valence-electron chi connectivity index (χ0n) is 15.4. The highest BCUT2D eigenvalue weighted by molar-refractivity contribution is 6.06. The van der Waals surface area contributed by atoms with Gasteiger partial charge in [-0.3, -0.25) is 9.59 Å². The number of rotatable bonds is 4. The van der Waals surface area contributed by atoms with E-state index in [1.807, 2.05) is 6.92 Å². The highest BCUT2D eigenvalue weighted by Gasteiger charge is 2.23. The van der Waals surface area contributed by atoms with Gasteiger partial charge in [-0.25, -0.2) is 17.6 Å². The molecule has 30 heavy (non-hydrogen) atoms. The summed E-state index contributed by atoms with van der Waals surface area (Å²) >= 11 is 0. The summed E-state index contributed by atoms with van der Waals surface area (Å²) in [6, 6.07) is 10.5. The Labute approximate surface area is 168 Å². The molecule has 0 atom stereocenters. The number of anilines is 2. The minimum atomic E-state index is -2.11. The van der Waals surface area contributed by atoms with E-state index in [0.717, 1.165) is 11.6 Å².